The van der Waals surface area contributed by atoms with Crippen LogP contribution < -0.4 is 0 Å². The molecule has 1 aromatic rings. The average molecular weight is 328 g/mol. The topological polar surface area (TPSA) is 54.4 Å². The van der Waals surface area contributed by atoms with Gasteiger partial charge in [0.2, 0.25) is 0 Å². The number of aromatic hydroxyl groups is 1. The summed E-state index contributed by atoms with van der Waals surface area (Å²) in [5.41, 5.74) is 8.07. The molecule has 3 heteroatoms. The van der Waals surface area contributed by atoms with Crippen LogP contribution in [-0.2, 0) is 9.59 Å². The smallest absolute Gasteiger partial charge is 0.185 e. The van der Waals surface area contributed by atoms with Gasteiger partial charge in [0.05, 0.1) is 0 Å². The SMILES string of the molecule is CC1=C(C)C(=O)C(C)=C(C)C1=O.Cc1c(C)c(C)c(O)c(C)c1C. The molecule has 130 valence electrons. The van der Waals surface area contributed by atoms with Gasteiger partial charge in [-0.3, -0.25) is 9.59 Å². The number of hydrogen-bond donors (Lipinski definition) is 1. The number of Topliss-reactive ketones (excluding diaryl/α,β-unsaturated/α-hetero) is 2. The van der Waals surface area contributed by atoms with Crippen LogP contribution in [0, 0.1) is 34.6 Å². The van der Waals surface area contributed by atoms with Crippen molar-refractivity contribution in [2.24, 2.45) is 0 Å². The summed E-state index contributed by atoms with van der Waals surface area (Å²) in [4.78, 5) is 22.8. The molecule has 1 N–H and O–H groups in total. The Bertz CT molecular complexity index is 623. The van der Waals surface area contributed by atoms with Gasteiger partial charge in [0, 0.05) is 22.3 Å². The fourth-order valence-electron chi connectivity index (χ4n) is 2.72. The number of rotatable bonds is 0. The van der Waals surface area contributed by atoms with E-state index in [9.17, 15) is 14.7 Å². The monoisotopic (exact) mass is 328 g/mol. The van der Waals surface area contributed by atoms with Crippen LogP contribution in [0.3, 0.4) is 0 Å². The first kappa shape index (κ1) is 19.9. The molecule has 0 saturated heterocycles. The van der Waals surface area contributed by atoms with Crippen LogP contribution in [0.2, 0.25) is 0 Å². The van der Waals surface area contributed by atoms with Crippen LogP contribution in [0.5, 0.6) is 5.75 Å². The number of ketones is 2. The third-order valence-corrected chi connectivity index (χ3v) is 5.45. The predicted molar refractivity (Wildman–Crippen MR) is 98.6 cm³/mol. The Labute approximate surface area is 145 Å². The predicted octanol–water partition coefficient (Wildman–Crippen LogP) is 4.75. The Morgan fingerprint density at radius 1 is 0.458 bits per heavy atom. The van der Waals surface area contributed by atoms with Crippen molar-refractivity contribution in [2.45, 2.75) is 62.3 Å². The average Bonchev–Trinajstić information content (AvgIpc) is 2.58. The number of carbonyl (C=O) groups excluding carboxylic acids is 2. The largest absolute Gasteiger partial charge is 0.507 e. The zero-order chi connectivity index (χ0) is 18.9. The van der Waals surface area contributed by atoms with E-state index >= 15 is 0 Å². The molecule has 1 aromatic carbocycles. The van der Waals surface area contributed by atoms with Gasteiger partial charge in [-0.25, -0.2) is 0 Å². The van der Waals surface area contributed by atoms with Gasteiger partial charge >= 0.3 is 0 Å². The number of phenols is 1. The molecule has 0 aromatic heterocycles. The van der Waals surface area contributed by atoms with E-state index in [2.05, 4.69) is 20.8 Å². The van der Waals surface area contributed by atoms with Gasteiger partial charge in [-0.05, 0) is 90.1 Å². The fourth-order valence-corrected chi connectivity index (χ4v) is 2.72. The molecule has 24 heavy (non-hydrogen) atoms. The lowest BCUT2D eigenvalue weighted by Crippen LogP contribution is -2.18. The molecule has 3 nitrogen and oxygen atoms in total. The van der Waals surface area contributed by atoms with Gasteiger partial charge in [-0.1, -0.05) is 0 Å². The van der Waals surface area contributed by atoms with Crippen molar-refractivity contribution in [3.63, 3.8) is 0 Å². The first-order valence-corrected chi connectivity index (χ1v) is 8.13. The standard InChI is InChI=1S/C11H16O.C10H12O2/c1-6-7(2)9(4)11(12)10(5)8(6)3;1-5-6(2)10(12)8(4)7(3)9(5)11/h12H,1-5H3;1-4H3. The highest BCUT2D eigenvalue weighted by Crippen LogP contribution is 2.30. The summed E-state index contributed by atoms with van der Waals surface area (Å²) in [7, 11) is 0. The highest BCUT2D eigenvalue weighted by atomic mass is 16.3. The minimum absolute atomic E-state index is 0.00426. The second-order valence-electron chi connectivity index (χ2n) is 6.63. The maximum Gasteiger partial charge on any atom is 0.185 e. The molecule has 0 unspecified atom stereocenters. The van der Waals surface area contributed by atoms with Crippen LogP contribution in [-0.4, -0.2) is 16.7 Å². The maximum absolute atomic E-state index is 11.4. The molecule has 0 amide bonds. The van der Waals surface area contributed by atoms with E-state index in [1.54, 1.807) is 27.7 Å². The summed E-state index contributed by atoms with van der Waals surface area (Å²) in [6.07, 6.45) is 0. The minimum Gasteiger partial charge on any atom is -0.507 e. The van der Waals surface area contributed by atoms with Crippen LogP contribution in [0.1, 0.15) is 55.5 Å². The van der Waals surface area contributed by atoms with Crippen LogP contribution in [0.4, 0.5) is 0 Å². The number of benzene rings is 1. The van der Waals surface area contributed by atoms with Gasteiger partial charge in [0.25, 0.3) is 0 Å². The fraction of sp³-hybridized carbons (Fsp3) is 0.429. The number of hydrogen-bond acceptors (Lipinski definition) is 3. The molecule has 0 atom stereocenters. The first-order valence-electron chi connectivity index (χ1n) is 8.13. The minimum atomic E-state index is 0.00426. The number of allylic oxidation sites excluding steroid dienone is 4. The quantitative estimate of drug-likeness (QED) is 0.700. The molecule has 1 aliphatic rings. The van der Waals surface area contributed by atoms with E-state index < -0.39 is 0 Å². The molecule has 0 aliphatic heterocycles. The van der Waals surface area contributed by atoms with E-state index in [0.29, 0.717) is 28.0 Å². The van der Waals surface area contributed by atoms with Gasteiger partial charge in [-0.15, -0.1) is 0 Å². The van der Waals surface area contributed by atoms with Crippen LogP contribution in [0.25, 0.3) is 0 Å². The molecule has 0 spiro atoms. The first-order chi connectivity index (χ1) is 10.9. The summed E-state index contributed by atoms with van der Waals surface area (Å²) in [6.45, 7) is 16.9. The lowest BCUT2D eigenvalue weighted by atomic mass is 9.87. The van der Waals surface area contributed by atoms with Gasteiger partial charge < -0.3 is 5.11 Å². The Kier molecular flexibility index (Phi) is 5.94. The molecule has 0 fully saturated rings. The van der Waals surface area contributed by atoms with Crippen molar-refractivity contribution in [1.82, 2.24) is 0 Å². The molecule has 0 saturated carbocycles. The highest BCUT2D eigenvalue weighted by molar-refractivity contribution is 6.24. The Hall–Kier alpha value is -2.16. The summed E-state index contributed by atoms with van der Waals surface area (Å²) in [5.74, 6) is 0.463. The Morgan fingerprint density at radius 3 is 0.917 bits per heavy atom. The molecule has 1 aliphatic carbocycles. The van der Waals surface area contributed by atoms with Crippen LogP contribution in [0.15, 0.2) is 22.3 Å². The van der Waals surface area contributed by atoms with E-state index in [0.717, 1.165) is 11.1 Å². The summed E-state index contributed by atoms with van der Waals surface area (Å²) < 4.78 is 0. The van der Waals surface area contributed by atoms with Crippen molar-refractivity contribution in [3.05, 3.63) is 50.1 Å². The lowest BCUT2D eigenvalue weighted by molar-refractivity contribution is -0.116. The maximum atomic E-state index is 11.4. The van der Waals surface area contributed by atoms with Crippen molar-refractivity contribution < 1.29 is 14.7 Å². The second-order valence-corrected chi connectivity index (χ2v) is 6.63. The second kappa shape index (κ2) is 7.16. The summed E-state index contributed by atoms with van der Waals surface area (Å²) >= 11 is 0. The molecule has 0 heterocycles. The molecular weight excluding hydrogens is 300 g/mol. The molecule has 2 rings (SSSR count). The molecular formula is C21H28O3. The third kappa shape index (κ3) is 3.35. The number of carbonyl (C=O) groups is 2. The third-order valence-electron chi connectivity index (χ3n) is 5.45. The van der Waals surface area contributed by atoms with Crippen molar-refractivity contribution in [3.8, 4) is 5.75 Å². The highest BCUT2D eigenvalue weighted by Gasteiger charge is 2.24. The Morgan fingerprint density at radius 2 is 0.667 bits per heavy atom. The van der Waals surface area contributed by atoms with E-state index in [1.807, 2.05) is 13.8 Å². The van der Waals surface area contributed by atoms with E-state index in [4.69, 9.17) is 0 Å². The van der Waals surface area contributed by atoms with E-state index in [1.165, 1.54) is 16.7 Å². The van der Waals surface area contributed by atoms with Gasteiger partial charge in [0.1, 0.15) is 5.75 Å². The summed E-state index contributed by atoms with van der Waals surface area (Å²) in [5, 5.41) is 9.69. The van der Waals surface area contributed by atoms with Crippen molar-refractivity contribution in [1.29, 1.82) is 0 Å². The van der Waals surface area contributed by atoms with Gasteiger partial charge in [0.15, 0.2) is 11.6 Å². The van der Waals surface area contributed by atoms with Crippen LogP contribution >= 0.6 is 0 Å². The zero-order valence-electron chi connectivity index (χ0n) is 16.3. The zero-order valence-corrected chi connectivity index (χ0v) is 16.3. The summed E-state index contributed by atoms with van der Waals surface area (Å²) in [6, 6.07) is 0. The van der Waals surface area contributed by atoms with E-state index in [-0.39, 0.29) is 11.6 Å². The lowest BCUT2D eigenvalue weighted by Gasteiger charge is -2.15. The number of phenolic OH excluding ortho intramolecular Hbond substituents is 1. The Balaban J connectivity index is 0.000000240. The van der Waals surface area contributed by atoms with Gasteiger partial charge in [-0.2, -0.15) is 0 Å². The normalized spacial score (nSPS) is 14.9. The molecule has 0 radical (unpaired) electrons. The molecule has 0 bridgehead atoms. The van der Waals surface area contributed by atoms with Crippen molar-refractivity contribution >= 4 is 11.6 Å². The van der Waals surface area contributed by atoms with Crippen molar-refractivity contribution in [2.75, 3.05) is 0 Å².